The van der Waals surface area contributed by atoms with E-state index in [9.17, 15) is 9.59 Å². The highest BCUT2D eigenvalue weighted by Crippen LogP contribution is 2.18. The average molecular weight is 444 g/mol. The van der Waals surface area contributed by atoms with Crippen LogP contribution in [0.4, 0.5) is 0 Å². The summed E-state index contributed by atoms with van der Waals surface area (Å²) in [5.74, 6) is 0.485. The SMILES string of the molecule is Cc1noc(C)c1COc1ccc(C(=O)OCC(=O)c2ccc(Br)cc2)cc1. The monoisotopic (exact) mass is 443 g/mol. The van der Waals surface area contributed by atoms with Crippen molar-refractivity contribution in [3.63, 3.8) is 0 Å². The first-order chi connectivity index (χ1) is 13.4. The van der Waals surface area contributed by atoms with Crippen molar-refractivity contribution >= 4 is 27.7 Å². The van der Waals surface area contributed by atoms with Gasteiger partial charge in [-0.3, -0.25) is 4.79 Å². The van der Waals surface area contributed by atoms with Crippen molar-refractivity contribution in [3.8, 4) is 5.75 Å². The zero-order valence-electron chi connectivity index (χ0n) is 15.4. The molecule has 0 aliphatic carbocycles. The van der Waals surface area contributed by atoms with Crippen molar-refractivity contribution in [1.29, 1.82) is 0 Å². The Labute approximate surface area is 170 Å². The molecule has 144 valence electrons. The van der Waals surface area contributed by atoms with Crippen LogP contribution in [0.15, 0.2) is 57.5 Å². The summed E-state index contributed by atoms with van der Waals surface area (Å²) < 4.78 is 16.8. The van der Waals surface area contributed by atoms with Gasteiger partial charge in [0.1, 0.15) is 18.1 Å². The minimum atomic E-state index is -0.567. The lowest BCUT2D eigenvalue weighted by molar-refractivity contribution is 0.0474. The van der Waals surface area contributed by atoms with Gasteiger partial charge < -0.3 is 14.0 Å². The number of Topliss-reactive ketones (excluding diaryl/α,β-unsaturated/α-hetero) is 1. The molecule has 7 heteroatoms. The maximum Gasteiger partial charge on any atom is 0.338 e. The van der Waals surface area contributed by atoms with E-state index in [-0.39, 0.29) is 12.4 Å². The van der Waals surface area contributed by atoms with Crippen LogP contribution in [0.1, 0.15) is 37.7 Å². The number of esters is 1. The summed E-state index contributed by atoms with van der Waals surface area (Å²) in [6.45, 7) is 3.69. The molecule has 0 fully saturated rings. The fourth-order valence-corrected chi connectivity index (χ4v) is 2.75. The van der Waals surface area contributed by atoms with Gasteiger partial charge in [-0.05, 0) is 50.2 Å². The first-order valence-electron chi connectivity index (χ1n) is 8.54. The number of carbonyl (C=O) groups is 2. The number of rotatable bonds is 7. The summed E-state index contributed by atoms with van der Waals surface area (Å²) in [4.78, 5) is 24.2. The Morgan fingerprint density at radius 3 is 2.25 bits per heavy atom. The van der Waals surface area contributed by atoms with Crippen LogP contribution in [-0.2, 0) is 11.3 Å². The van der Waals surface area contributed by atoms with Crippen LogP contribution >= 0.6 is 15.9 Å². The molecule has 3 rings (SSSR count). The lowest BCUT2D eigenvalue weighted by Gasteiger charge is -2.07. The van der Waals surface area contributed by atoms with Gasteiger partial charge in [-0.2, -0.15) is 0 Å². The fraction of sp³-hybridized carbons (Fsp3) is 0.190. The van der Waals surface area contributed by atoms with Gasteiger partial charge in [0, 0.05) is 10.0 Å². The summed E-state index contributed by atoms with van der Waals surface area (Å²) in [5, 5.41) is 3.88. The minimum absolute atomic E-state index is 0.264. The third-order valence-corrected chi connectivity index (χ3v) is 4.68. The summed E-state index contributed by atoms with van der Waals surface area (Å²) in [5.41, 5.74) is 2.51. The number of nitrogens with zero attached hydrogens (tertiary/aromatic N) is 1. The molecule has 6 nitrogen and oxygen atoms in total. The Morgan fingerprint density at radius 1 is 1.00 bits per heavy atom. The summed E-state index contributed by atoms with van der Waals surface area (Å²) in [6.07, 6.45) is 0. The van der Waals surface area contributed by atoms with Crippen LogP contribution in [-0.4, -0.2) is 23.5 Å². The molecule has 28 heavy (non-hydrogen) atoms. The Morgan fingerprint density at radius 2 is 1.64 bits per heavy atom. The number of ether oxygens (including phenoxy) is 2. The van der Waals surface area contributed by atoms with Crippen LogP contribution in [0.5, 0.6) is 5.75 Å². The van der Waals surface area contributed by atoms with Gasteiger partial charge >= 0.3 is 5.97 Å². The molecule has 0 N–H and O–H groups in total. The van der Waals surface area contributed by atoms with Gasteiger partial charge in [0.05, 0.1) is 16.8 Å². The van der Waals surface area contributed by atoms with E-state index in [1.165, 1.54) is 0 Å². The molecular formula is C21H18BrNO5. The van der Waals surface area contributed by atoms with Crippen LogP contribution in [0.3, 0.4) is 0 Å². The first-order valence-corrected chi connectivity index (χ1v) is 9.34. The summed E-state index contributed by atoms with van der Waals surface area (Å²) in [6, 6.07) is 13.4. The Bertz CT molecular complexity index is 958. The number of hydrogen-bond donors (Lipinski definition) is 0. The maximum atomic E-state index is 12.1. The van der Waals surface area contributed by atoms with Crippen LogP contribution < -0.4 is 4.74 Å². The van der Waals surface area contributed by atoms with Gasteiger partial charge in [-0.15, -0.1) is 0 Å². The lowest BCUT2D eigenvalue weighted by atomic mass is 10.1. The number of aryl methyl sites for hydroxylation is 2. The van der Waals surface area contributed by atoms with Gasteiger partial charge in [-0.25, -0.2) is 4.79 Å². The minimum Gasteiger partial charge on any atom is -0.489 e. The van der Waals surface area contributed by atoms with Crippen LogP contribution in [0.25, 0.3) is 0 Å². The van der Waals surface area contributed by atoms with E-state index in [4.69, 9.17) is 14.0 Å². The summed E-state index contributed by atoms with van der Waals surface area (Å²) >= 11 is 3.31. The molecule has 1 aromatic heterocycles. The molecule has 0 aliphatic rings. The highest BCUT2D eigenvalue weighted by atomic mass is 79.9. The molecule has 1 heterocycles. The van der Waals surface area contributed by atoms with E-state index in [1.807, 2.05) is 13.8 Å². The van der Waals surface area contributed by atoms with Crippen molar-refractivity contribution in [1.82, 2.24) is 5.16 Å². The second kappa shape index (κ2) is 8.84. The van der Waals surface area contributed by atoms with Gasteiger partial charge in [0.25, 0.3) is 0 Å². The number of benzene rings is 2. The molecule has 0 bridgehead atoms. The Hall–Kier alpha value is -2.93. The lowest BCUT2D eigenvalue weighted by Crippen LogP contribution is -2.14. The largest absolute Gasteiger partial charge is 0.489 e. The van der Waals surface area contributed by atoms with E-state index in [0.29, 0.717) is 29.2 Å². The van der Waals surface area contributed by atoms with Crippen LogP contribution in [0, 0.1) is 13.8 Å². The fourth-order valence-electron chi connectivity index (χ4n) is 2.48. The number of hydrogen-bond acceptors (Lipinski definition) is 6. The standard InChI is InChI=1S/C21H18BrNO5/c1-13-19(14(2)28-23-13)11-26-18-9-5-16(6-10-18)21(25)27-12-20(24)15-3-7-17(22)8-4-15/h3-10H,11-12H2,1-2H3. The second-order valence-corrected chi connectivity index (χ2v) is 7.04. The molecule has 0 aliphatic heterocycles. The maximum absolute atomic E-state index is 12.1. The molecule has 3 aromatic rings. The molecule has 2 aromatic carbocycles. The predicted octanol–water partition coefficient (Wildman–Crippen LogP) is 4.67. The smallest absolute Gasteiger partial charge is 0.338 e. The Balaban J connectivity index is 1.53. The van der Waals surface area contributed by atoms with E-state index < -0.39 is 5.97 Å². The van der Waals surface area contributed by atoms with Gasteiger partial charge in [0.15, 0.2) is 12.4 Å². The third-order valence-electron chi connectivity index (χ3n) is 4.15. The molecule has 0 spiro atoms. The van der Waals surface area contributed by atoms with Crippen LogP contribution in [0.2, 0.25) is 0 Å². The van der Waals surface area contributed by atoms with E-state index in [2.05, 4.69) is 21.1 Å². The average Bonchev–Trinajstić information content (AvgIpc) is 3.02. The molecule has 0 saturated carbocycles. The zero-order valence-corrected chi connectivity index (χ0v) is 17.0. The number of carbonyl (C=O) groups excluding carboxylic acids is 2. The second-order valence-electron chi connectivity index (χ2n) is 6.12. The molecule has 0 radical (unpaired) electrons. The number of halogens is 1. The molecule has 0 amide bonds. The highest BCUT2D eigenvalue weighted by Gasteiger charge is 2.13. The first kappa shape index (κ1) is 19.8. The van der Waals surface area contributed by atoms with Crippen molar-refractivity contribution in [2.45, 2.75) is 20.5 Å². The predicted molar refractivity (Wildman–Crippen MR) is 106 cm³/mol. The van der Waals surface area contributed by atoms with E-state index in [0.717, 1.165) is 15.7 Å². The van der Waals surface area contributed by atoms with Crippen molar-refractivity contribution < 1.29 is 23.6 Å². The zero-order chi connectivity index (χ0) is 20.1. The normalized spacial score (nSPS) is 10.5. The molecule has 0 unspecified atom stereocenters. The third kappa shape index (κ3) is 4.86. The van der Waals surface area contributed by atoms with Crippen molar-refractivity contribution in [2.75, 3.05) is 6.61 Å². The van der Waals surface area contributed by atoms with Crippen molar-refractivity contribution in [3.05, 3.63) is 81.1 Å². The molecule has 0 atom stereocenters. The van der Waals surface area contributed by atoms with Gasteiger partial charge in [-0.1, -0.05) is 33.2 Å². The van der Waals surface area contributed by atoms with Gasteiger partial charge in [0.2, 0.25) is 0 Å². The Kier molecular flexibility index (Phi) is 6.26. The van der Waals surface area contributed by atoms with E-state index in [1.54, 1.807) is 48.5 Å². The quantitative estimate of drug-likeness (QED) is 0.389. The summed E-state index contributed by atoms with van der Waals surface area (Å²) in [7, 11) is 0. The number of ketones is 1. The molecular weight excluding hydrogens is 426 g/mol. The molecule has 0 saturated heterocycles. The van der Waals surface area contributed by atoms with E-state index >= 15 is 0 Å². The number of aromatic nitrogens is 1. The van der Waals surface area contributed by atoms with Crippen molar-refractivity contribution in [2.24, 2.45) is 0 Å². The highest BCUT2D eigenvalue weighted by molar-refractivity contribution is 9.10. The topological polar surface area (TPSA) is 78.6 Å².